The van der Waals surface area contributed by atoms with Crippen LogP contribution in [0, 0.1) is 5.92 Å². The lowest BCUT2D eigenvalue weighted by atomic mass is 9.99. The molecule has 0 aliphatic carbocycles. The molecule has 6 heteroatoms. The fraction of sp³-hybridized carbons (Fsp3) is 0.800. The van der Waals surface area contributed by atoms with Gasteiger partial charge in [-0.1, -0.05) is 12.1 Å². The second kappa shape index (κ2) is 6.18. The Hall–Kier alpha value is -0.650. The van der Waals surface area contributed by atoms with Crippen LogP contribution in [-0.4, -0.2) is 28.1 Å². The normalized spacial score (nSPS) is 18.4. The van der Waals surface area contributed by atoms with Crippen LogP contribution in [0.5, 0.6) is 0 Å². The van der Waals surface area contributed by atoms with Gasteiger partial charge in [0.25, 0.3) is 0 Å². The van der Waals surface area contributed by atoms with Gasteiger partial charge in [-0.3, -0.25) is 4.90 Å². The highest BCUT2D eigenvalue weighted by molar-refractivity contribution is 5.85. The summed E-state index contributed by atoms with van der Waals surface area (Å²) in [5, 5.41) is 3.89. The maximum Gasteiger partial charge on any atom is 0.240 e. The van der Waals surface area contributed by atoms with Crippen LogP contribution < -0.4 is 5.73 Å². The van der Waals surface area contributed by atoms with Crippen molar-refractivity contribution in [2.45, 2.75) is 32.9 Å². The zero-order valence-corrected chi connectivity index (χ0v) is 10.4. The smallest absolute Gasteiger partial charge is 0.240 e. The van der Waals surface area contributed by atoms with Crippen LogP contribution in [0.15, 0.2) is 4.52 Å². The first kappa shape index (κ1) is 13.4. The lowest BCUT2D eigenvalue weighted by Crippen LogP contribution is -2.32. The Bertz CT molecular complexity index is 310. The molecule has 0 saturated carbocycles. The van der Waals surface area contributed by atoms with Gasteiger partial charge in [0.15, 0.2) is 5.82 Å². The average molecular weight is 247 g/mol. The minimum atomic E-state index is 0. The second-order valence-corrected chi connectivity index (χ2v) is 4.27. The molecule has 0 amide bonds. The van der Waals surface area contributed by atoms with Gasteiger partial charge in [-0.15, -0.1) is 12.4 Å². The molecule has 0 spiro atoms. The summed E-state index contributed by atoms with van der Waals surface area (Å²) < 4.78 is 4.96. The van der Waals surface area contributed by atoms with E-state index >= 15 is 0 Å². The molecule has 2 heterocycles. The first-order valence-corrected chi connectivity index (χ1v) is 5.52. The lowest BCUT2D eigenvalue weighted by molar-refractivity contribution is 0.179. The van der Waals surface area contributed by atoms with E-state index in [-0.39, 0.29) is 12.4 Å². The Morgan fingerprint density at radius 1 is 1.44 bits per heavy atom. The predicted octanol–water partition coefficient (Wildman–Crippen LogP) is 1.18. The predicted molar refractivity (Wildman–Crippen MR) is 63.1 cm³/mol. The molecule has 1 saturated heterocycles. The molecule has 1 fully saturated rings. The lowest BCUT2D eigenvalue weighted by Gasteiger charge is -2.28. The summed E-state index contributed by atoms with van der Waals surface area (Å²) in [6, 6.07) is 0. The number of nitrogens with two attached hydrogens (primary N) is 1. The van der Waals surface area contributed by atoms with Crippen LogP contribution in [0.1, 0.15) is 31.5 Å². The van der Waals surface area contributed by atoms with Crippen molar-refractivity contribution >= 4 is 12.4 Å². The SMILES string of the molecule is CC1CCN(Cc2noc(CN)n2)CC1.Cl. The zero-order valence-electron chi connectivity index (χ0n) is 9.56. The zero-order chi connectivity index (χ0) is 10.7. The fourth-order valence-electron chi connectivity index (χ4n) is 1.86. The molecule has 0 aromatic carbocycles. The maximum atomic E-state index is 5.40. The van der Waals surface area contributed by atoms with Crippen LogP contribution in [0.4, 0.5) is 0 Å². The number of hydrogen-bond acceptors (Lipinski definition) is 5. The van der Waals surface area contributed by atoms with E-state index in [1.165, 1.54) is 12.8 Å². The Morgan fingerprint density at radius 2 is 2.12 bits per heavy atom. The summed E-state index contributed by atoms with van der Waals surface area (Å²) in [6.07, 6.45) is 2.53. The molecule has 1 aliphatic heterocycles. The van der Waals surface area contributed by atoms with E-state index in [2.05, 4.69) is 22.0 Å². The van der Waals surface area contributed by atoms with Crippen molar-refractivity contribution in [1.82, 2.24) is 15.0 Å². The molecule has 0 radical (unpaired) electrons. The third-order valence-electron chi connectivity index (χ3n) is 2.93. The minimum absolute atomic E-state index is 0. The van der Waals surface area contributed by atoms with Crippen LogP contribution in [0.2, 0.25) is 0 Å². The molecule has 1 aromatic heterocycles. The van der Waals surface area contributed by atoms with Crippen molar-refractivity contribution < 1.29 is 4.52 Å². The Balaban J connectivity index is 0.00000128. The highest BCUT2D eigenvalue weighted by atomic mass is 35.5. The summed E-state index contributed by atoms with van der Waals surface area (Å²) >= 11 is 0. The number of aromatic nitrogens is 2. The first-order valence-electron chi connectivity index (χ1n) is 5.52. The summed E-state index contributed by atoms with van der Waals surface area (Å²) in [6.45, 7) is 5.68. The summed E-state index contributed by atoms with van der Waals surface area (Å²) in [7, 11) is 0. The van der Waals surface area contributed by atoms with E-state index < -0.39 is 0 Å². The molecule has 1 aromatic rings. The van der Waals surface area contributed by atoms with E-state index in [0.717, 1.165) is 31.4 Å². The highest BCUT2D eigenvalue weighted by Crippen LogP contribution is 2.17. The van der Waals surface area contributed by atoms with Crippen molar-refractivity contribution in [2.24, 2.45) is 11.7 Å². The molecule has 0 bridgehead atoms. The molecule has 2 rings (SSSR count). The van der Waals surface area contributed by atoms with Gasteiger partial charge >= 0.3 is 0 Å². The van der Waals surface area contributed by atoms with E-state index in [0.29, 0.717) is 12.4 Å². The van der Waals surface area contributed by atoms with E-state index in [1.807, 2.05) is 0 Å². The summed E-state index contributed by atoms with van der Waals surface area (Å²) in [5.74, 6) is 2.13. The highest BCUT2D eigenvalue weighted by Gasteiger charge is 2.17. The van der Waals surface area contributed by atoms with E-state index in [1.54, 1.807) is 0 Å². The summed E-state index contributed by atoms with van der Waals surface area (Å²) in [4.78, 5) is 6.56. The molecule has 1 aliphatic rings. The van der Waals surface area contributed by atoms with Gasteiger partial charge in [0.1, 0.15) is 0 Å². The van der Waals surface area contributed by atoms with E-state index in [4.69, 9.17) is 10.3 Å². The van der Waals surface area contributed by atoms with Gasteiger partial charge in [0.05, 0.1) is 13.1 Å². The van der Waals surface area contributed by atoms with Crippen molar-refractivity contribution in [2.75, 3.05) is 13.1 Å². The number of piperidine rings is 1. The molecule has 92 valence electrons. The molecular formula is C10H19ClN4O. The van der Waals surface area contributed by atoms with Crippen molar-refractivity contribution in [1.29, 1.82) is 0 Å². The van der Waals surface area contributed by atoms with Gasteiger partial charge in [-0.25, -0.2) is 0 Å². The van der Waals surface area contributed by atoms with Crippen molar-refractivity contribution in [3.05, 3.63) is 11.7 Å². The first-order chi connectivity index (χ1) is 7.28. The van der Waals surface area contributed by atoms with Gasteiger partial charge in [0, 0.05) is 0 Å². The topological polar surface area (TPSA) is 68.2 Å². The largest absolute Gasteiger partial charge is 0.338 e. The molecule has 0 unspecified atom stereocenters. The minimum Gasteiger partial charge on any atom is -0.338 e. The molecular weight excluding hydrogens is 228 g/mol. The average Bonchev–Trinajstić information content (AvgIpc) is 2.69. The second-order valence-electron chi connectivity index (χ2n) is 4.27. The number of halogens is 1. The Morgan fingerprint density at radius 3 is 2.69 bits per heavy atom. The van der Waals surface area contributed by atoms with E-state index in [9.17, 15) is 0 Å². The molecule has 2 N–H and O–H groups in total. The van der Waals surface area contributed by atoms with Crippen LogP contribution in [-0.2, 0) is 13.1 Å². The van der Waals surface area contributed by atoms with Crippen LogP contribution in [0.3, 0.4) is 0 Å². The van der Waals surface area contributed by atoms with Crippen molar-refractivity contribution in [3.63, 3.8) is 0 Å². The Labute approximate surface area is 102 Å². The van der Waals surface area contributed by atoms with Crippen molar-refractivity contribution in [3.8, 4) is 0 Å². The number of hydrogen-bond donors (Lipinski definition) is 1. The standard InChI is InChI=1S/C10H18N4O.ClH/c1-8-2-4-14(5-3-8)7-9-12-10(6-11)15-13-9;/h8H,2-7,11H2,1H3;1H. The third kappa shape index (κ3) is 3.43. The maximum absolute atomic E-state index is 5.40. The van der Waals surface area contributed by atoms with Gasteiger partial charge in [0.2, 0.25) is 5.89 Å². The third-order valence-corrected chi connectivity index (χ3v) is 2.93. The van der Waals surface area contributed by atoms with Gasteiger partial charge in [-0.2, -0.15) is 4.98 Å². The van der Waals surface area contributed by atoms with Gasteiger partial charge in [-0.05, 0) is 31.8 Å². The number of likely N-dealkylation sites (tertiary alicyclic amines) is 1. The quantitative estimate of drug-likeness (QED) is 0.868. The van der Waals surface area contributed by atoms with Gasteiger partial charge < -0.3 is 10.3 Å². The Kier molecular flexibility index (Phi) is 5.18. The molecule has 16 heavy (non-hydrogen) atoms. The number of nitrogens with zero attached hydrogens (tertiary/aromatic N) is 3. The molecule has 5 nitrogen and oxygen atoms in total. The van der Waals surface area contributed by atoms with Crippen LogP contribution >= 0.6 is 12.4 Å². The van der Waals surface area contributed by atoms with Crippen LogP contribution in [0.25, 0.3) is 0 Å². The number of rotatable bonds is 3. The fourth-order valence-corrected chi connectivity index (χ4v) is 1.86. The molecule has 0 atom stereocenters. The summed E-state index contributed by atoms with van der Waals surface area (Å²) in [5.41, 5.74) is 5.40. The monoisotopic (exact) mass is 246 g/mol.